The lowest BCUT2D eigenvalue weighted by molar-refractivity contribution is -0.145. The molecule has 0 aliphatic carbocycles. The van der Waals surface area contributed by atoms with E-state index in [4.69, 9.17) is 9.47 Å². The minimum absolute atomic E-state index is 0.00709. The molecule has 1 saturated heterocycles. The number of carbonyl (C=O) groups is 3. The molecule has 1 fully saturated rings. The van der Waals surface area contributed by atoms with Crippen molar-refractivity contribution >= 4 is 17.8 Å². The quantitative estimate of drug-likeness (QED) is 0.0485. The number of esters is 2. The first-order valence-corrected chi connectivity index (χ1v) is 26.7. The van der Waals surface area contributed by atoms with Gasteiger partial charge in [0.15, 0.2) is 0 Å². The van der Waals surface area contributed by atoms with Gasteiger partial charge in [-0.05, 0) is 76.3 Å². The molecule has 7 heteroatoms. The van der Waals surface area contributed by atoms with Gasteiger partial charge in [0, 0.05) is 18.9 Å². The smallest absolute Gasteiger partial charge is 0.305 e. The van der Waals surface area contributed by atoms with Crippen LogP contribution >= 0.6 is 0 Å². The van der Waals surface area contributed by atoms with Gasteiger partial charge in [0.1, 0.15) is 0 Å². The van der Waals surface area contributed by atoms with Crippen LogP contribution in [0.2, 0.25) is 0 Å². The molecule has 0 atom stereocenters. The molecule has 0 radical (unpaired) electrons. The maximum Gasteiger partial charge on any atom is 0.305 e. The second-order valence-corrected chi connectivity index (χ2v) is 19.0. The zero-order valence-electron chi connectivity index (χ0n) is 40.6. The van der Waals surface area contributed by atoms with Crippen molar-refractivity contribution in [3.63, 3.8) is 0 Å². The van der Waals surface area contributed by atoms with Crippen molar-refractivity contribution in [2.24, 2.45) is 11.8 Å². The Labute approximate surface area is 373 Å². The number of ether oxygens (including phenoxy) is 2. The highest BCUT2D eigenvalue weighted by Gasteiger charge is 2.18. The van der Waals surface area contributed by atoms with Gasteiger partial charge in [0.2, 0.25) is 5.91 Å². The van der Waals surface area contributed by atoms with Crippen molar-refractivity contribution < 1.29 is 23.9 Å². The zero-order valence-corrected chi connectivity index (χ0v) is 40.6. The SMILES string of the molecule is CCCCCC(CCCCC)CCOC(=O)CCCCCCCCCC(CCCCCCCCCC(=O)OCCC(CCCCC)CCCCC)NC(=O)CN1CCCC1. The van der Waals surface area contributed by atoms with Crippen LogP contribution in [0.15, 0.2) is 0 Å². The average Bonchev–Trinajstić information content (AvgIpc) is 3.75. The summed E-state index contributed by atoms with van der Waals surface area (Å²) in [5.41, 5.74) is 0. The summed E-state index contributed by atoms with van der Waals surface area (Å²) in [7, 11) is 0. The normalized spacial score (nSPS) is 13.2. The first kappa shape index (κ1) is 56.4. The van der Waals surface area contributed by atoms with Gasteiger partial charge in [-0.15, -0.1) is 0 Å². The van der Waals surface area contributed by atoms with E-state index in [0.29, 0.717) is 44.4 Å². The first-order chi connectivity index (χ1) is 29.4. The molecule has 1 amide bonds. The van der Waals surface area contributed by atoms with Crippen molar-refractivity contribution in [3.05, 3.63) is 0 Å². The van der Waals surface area contributed by atoms with Gasteiger partial charge < -0.3 is 14.8 Å². The molecule has 0 bridgehead atoms. The molecule has 0 aromatic heterocycles. The Morgan fingerprint density at radius 1 is 0.433 bits per heavy atom. The van der Waals surface area contributed by atoms with Crippen LogP contribution in [0.25, 0.3) is 0 Å². The van der Waals surface area contributed by atoms with Gasteiger partial charge in [-0.25, -0.2) is 0 Å². The number of nitrogens with zero attached hydrogens (tertiary/aromatic N) is 1. The largest absolute Gasteiger partial charge is 0.466 e. The van der Waals surface area contributed by atoms with E-state index >= 15 is 0 Å². The third-order valence-corrected chi connectivity index (χ3v) is 13.2. The number of hydrogen-bond donors (Lipinski definition) is 1. The Morgan fingerprint density at radius 2 is 0.767 bits per heavy atom. The maximum absolute atomic E-state index is 12.9. The van der Waals surface area contributed by atoms with Crippen LogP contribution in [-0.4, -0.2) is 61.6 Å². The molecule has 1 heterocycles. The maximum atomic E-state index is 12.9. The summed E-state index contributed by atoms with van der Waals surface area (Å²) in [4.78, 5) is 40.0. The van der Waals surface area contributed by atoms with Crippen molar-refractivity contribution in [2.45, 2.75) is 278 Å². The predicted octanol–water partition coefficient (Wildman–Crippen LogP) is 15.0. The van der Waals surface area contributed by atoms with E-state index in [2.05, 4.69) is 37.9 Å². The van der Waals surface area contributed by atoms with E-state index < -0.39 is 0 Å². The van der Waals surface area contributed by atoms with Crippen LogP contribution in [0.4, 0.5) is 0 Å². The van der Waals surface area contributed by atoms with E-state index in [-0.39, 0.29) is 23.9 Å². The van der Waals surface area contributed by atoms with Crippen molar-refractivity contribution in [2.75, 3.05) is 32.8 Å². The molecule has 1 N–H and O–H groups in total. The van der Waals surface area contributed by atoms with Gasteiger partial charge in [-0.2, -0.15) is 0 Å². The van der Waals surface area contributed by atoms with E-state index in [9.17, 15) is 14.4 Å². The molecule has 0 saturated carbocycles. The molecule has 0 aromatic rings. The summed E-state index contributed by atoms with van der Waals surface area (Å²) in [5.74, 6) is 1.61. The fraction of sp³-hybridized carbons (Fsp3) is 0.943. The van der Waals surface area contributed by atoms with Crippen LogP contribution in [0.1, 0.15) is 272 Å². The molecule has 0 unspecified atom stereocenters. The third-order valence-electron chi connectivity index (χ3n) is 13.2. The Morgan fingerprint density at radius 3 is 1.13 bits per heavy atom. The van der Waals surface area contributed by atoms with Crippen molar-refractivity contribution in [1.29, 1.82) is 0 Å². The molecule has 0 spiro atoms. The fourth-order valence-electron chi connectivity index (χ4n) is 9.22. The summed E-state index contributed by atoms with van der Waals surface area (Å²) < 4.78 is 11.3. The number of rotatable bonds is 45. The Bertz CT molecular complexity index is 889. The number of nitrogens with one attached hydrogen (secondary N) is 1. The topological polar surface area (TPSA) is 84.9 Å². The van der Waals surface area contributed by atoms with Crippen LogP contribution in [-0.2, 0) is 23.9 Å². The van der Waals surface area contributed by atoms with Crippen LogP contribution in [0.5, 0.6) is 0 Å². The van der Waals surface area contributed by atoms with E-state index in [1.54, 1.807) is 0 Å². The highest BCUT2D eigenvalue weighted by molar-refractivity contribution is 5.78. The second kappa shape index (κ2) is 42.7. The summed E-state index contributed by atoms with van der Waals surface area (Å²) >= 11 is 0. The molecule has 0 aromatic carbocycles. The lowest BCUT2D eigenvalue weighted by Crippen LogP contribution is -2.41. The number of carbonyl (C=O) groups excluding carboxylic acids is 3. The van der Waals surface area contributed by atoms with Gasteiger partial charge in [0.25, 0.3) is 0 Å². The number of likely N-dealkylation sites (tertiary alicyclic amines) is 1. The van der Waals surface area contributed by atoms with Crippen molar-refractivity contribution in [1.82, 2.24) is 10.2 Å². The first-order valence-electron chi connectivity index (χ1n) is 26.7. The Hall–Kier alpha value is -1.63. The van der Waals surface area contributed by atoms with Crippen LogP contribution in [0, 0.1) is 11.8 Å². The van der Waals surface area contributed by atoms with Crippen LogP contribution < -0.4 is 5.32 Å². The minimum atomic E-state index is -0.00709. The predicted molar refractivity (Wildman–Crippen MR) is 255 cm³/mol. The van der Waals surface area contributed by atoms with Crippen LogP contribution in [0.3, 0.4) is 0 Å². The van der Waals surface area contributed by atoms with E-state index in [1.807, 2.05) is 0 Å². The number of unbranched alkanes of at least 4 members (excludes halogenated alkanes) is 20. The molecule has 1 aliphatic heterocycles. The lowest BCUT2D eigenvalue weighted by atomic mass is 9.92. The molecule has 7 nitrogen and oxygen atoms in total. The molecule has 1 rings (SSSR count). The highest BCUT2D eigenvalue weighted by Crippen LogP contribution is 2.23. The summed E-state index contributed by atoms with van der Waals surface area (Å²) in [6, 6.07) is 0.281. The molecular formula is C53H102N2O5. The lowest BCUT2D eigenvalue weighted by Gasteiger charge is -2.21. The van der Waals surface area contributed by atoms with Crippen molar-refractivity contribution in [3.8, 4) is 0 Å². The molecular weight excluding hydrogens is 745 g/mol. The summed E-state index contributed by atoms with van der Waals surface area (Å²) in [6.45, 7) is 12.9. The minimum Gasteiger partial charge on any atom is -0.466 e. The zero-order chi connectivity index (χ0) is 43.6. The summed E-state index contributed by atoms with van der Waals surface area (Å²) in [6.07, 6.45) is 44.5. The number of amides is 1. The van der Waals surface area contributed by atoms with Gasteiger partial charge in [0.05, 0.1) is 19.8 Å². The fourth-order valence-corrected chi connectivity index (χ4v) is 9.22. The molecule has 1 aliphatic rings. The Balaban J connectivity index is 2.19. The van der Waals surface area contributed by atoms with E-state index in [0.717, 1.165) is 64.5 Å². The average molecular weight is 847 g/mol. The van der Waals surface area contributed by atoms with Gasteiger partial charge >= 0.3 is 11.9 Å². The third kappa shape index (κ3) is 35.9. The standard InChI is InChI=1S/C53H102N2O5/c1-5-9-23-33-48(34-24-10-6-2)41-45-59-52(57)39-29-21-17-13-15-19-27-37-50(54-51(56)47-55-43-31-32-44-55)38-28-20-16-14-18-22-30-40-53(58)60-46-42-49(35-25-11-7-3)36-26-12-8-4/h48-50H,5-47H2,1-4H3,(H,54,56). The van der Waals surface area contributed by atoms with E-state index in [1.165, 1.54) is 180 Å². The van der Waals surface area contributed by atoms with Gasteiger partial charge in [-0.1, -0.05) is 207 Å². The molecule has 60 heavy (non-hydrogen) atoms. The number of hydrogen-bond acceptors (Lipinski definition) is 6. The van der Waals surface area contributed by atoms with Gasteiger partial charge in [-0.3, -0.25) is 19.3 Å². The molecule has 354 valence electrons. The monoisotopic (exact) mass is 847 g/mol. The highest BCUT2D eigenvalue weighted by atomic mass is 16.5. The Kier molecular flexibility index (Phi) is 40.1. The second-order valence-electron chi connectivity index (χ2n) is 19.0. The summed E-state index contributed by atoms with van der Waals surface area (Å²) in [5, 5.41) is 3.42.